The minimum atomic E-state index is -4.52. The number of allylic oxidation sites excluding steroid dienone is 1. The molecule has 36 heavy (non-hydrogen) atoms. The van der Waals surface area contributed by atoms with Gasteiger partial charge in [0.05, 0.1) is 22.6 Å². The van der Waals surface area contributed by atoms with Gasteiger partial charge < -0.3 is 10.7 Å². The van der Waals surface area contributed by atoms with Crippen LogP contribution in [0.25, 0.3) is 22.6 Å². The summed E-state index contributed by atoms with van der Waals surface area (Å²) in [5, 5.41) is 15.2. The van der Waals surface area contributed by atoms with Gasteiger partial charge in [0.15, 0.2) is 5.69 Å². The van der Waals surface area contributed by atoms with E-state index in [9.17, 15) is 18.0 Å². The molecule has 4 aromatic rings. The lowest BCUT2D eigenvalue weighted by Crippen LogP contribution is -2.19. The van der Waals surface area contributed by atoms with Crippen molar-refractivity contribution in [1.82, 2.24) is 14.8 Å². The molecular formula is C27H22F3N5O. The molecule has 0 fully saturated rings. The van der Waals surface area contributed by atoms with E-state index in [4.69, 9.17) is 5.41 Å². The first-order valence-corrected chi connectivity index (χ1v) is 11.0. The van der Waals surface area contributed by atoms with Gasteiger partial charge >= 0.3 is 6.18 Å². The number of aryl methyl sites for hydroxylation is 1. The molecule has 0 aliphatic carbocycles. The summed E-state index contributed by atoms with van der Waals surface area (Å²) in [4.78, 5) is 17.1. The number of pyridine rings is 1. The average Bonchev–Trinajstić information content (AvgIpc) is 2.84. The topological polar surface area (TPSA) is 83.7 Å². The van der Waals surface area contributed by atoms with E-state index in [0.717, 1.165) is 29.0 Å². The summed E-state index contributed by atoms with van der Waals surface area (Å²) in [6.07, 6.45) is 0.0690. The summed E-state index contributed by atoms with van der Waals surface area (Å²) < 4.78 is 41.0. The third kappa shape index (κ3) is 5.57. The van der Waals surface area contributed by atoms with Crippen LogP contribution in [0.15, 0.2) is 90.0 Å². The molecule has 0 bridgehead atoms. The van der Waals surface area contributed by atoms with Crippen molar-refractivity contribution >= 4 is 17.1 Å². The van der Waals surface area contributed by atoms with Crippen molar-refractivity contribution in [1.29, 1.82) is 5.41 Å². The number of benzene rings is 2. The van der Waals surface area contributed by atoms with Crippen LogP contribution in [0.1, 0.15) is 23.7 Å². The fourth-order valence-electron chi connectivity index (χ4n) is 3.64. The first kappa shape index (κ1) is 24.6. The zero-order chi connectivity index (χ0) is 25.9. The lowest BCUT2D eigenvalue weighted by atomic mass is 10.1. The van der Waals surface area contributed by atoms with E-state index in [1.807, 2.05) is 43.3 Å². The summed E-state index contributed by atoms with van der Waals surface area (Å²) in [6.45, 7) is 3.40. The van der Waals surface area contributed by atoms with Gasteiger partial charge in [0.2, 0.25) is 5.43 Å². The number of hydrogen-bond donors (Lipinski definition) is 2. The van der Waals surface area contributed by atoms with Gasteiger partial charge in [-0.05, 0) is 68.0 Å². The zero-order valence-electron chi connectivity index (χ0n) is 19.5. The van der Waals surface area contributed by atoms with Crippen LogP contribution in [0.4, 0.5) is 18.9 Å². The molecule has 0 amide bonds. The monoisotopic (exact) mass is 489 g/mol. The number of aromatic nitrogens is 3. The summed E-state index contributed by atoms with van der Waals surface area (Å²) in [7, 11) is 0. The maximum Gasteiger partial charge on any atom is 0.416 e. The molecule has 0 saturated heterocycles. The Labute approximate surface area is 205 Å². The van der Waals surface area contributed by atoms with E-state index >= 15 is 0 Å². The fraction of sp³-hybridized carbons (Fsp3) is 0.111. The molecule has 2 N–H and O–H groups in total. The lowest BCUT2D eigenvalue weighted by molar-refractivity contribution is -0.137. The molecule has 9 heteroatoms. The standard InChI is InChI=1S/C27H22F3N5O/c1-17-14-19(22-8-3-4-12-32-22)9-10-24(17)35-13-11-25(36)26(34-35)23(15-18(2)31)33-21-7-5-6-20(16-21)27(28,29)30/h3-16,31,33H,1-2H3/b23-15-,31-18?. The van der Waals surface area contributed by atoms with Crippen molar-refractivity contribution in [2.24, 2.45) is 0 Å². The summed E-state index contributed by atoms with van der Waals surface area (Å²) in [5.74, 6) is 0. The molecule has 0 aliphatic rings. The van der Waals surface area contributed by atoms with E-state index in [-0.39, 0.29) is 22.8 Å². The number of nitrogens with zero attached hydrogens (tertiary/aromatic N) is 3. The third-order valence-corrected chi connectivity index (χ3v) is 5.30. The molecule has 0 saturated carbocycles. The van der Waals surface area contributed by atoms with E-state index < -0.39 is 17.2 Å². The van der Waals surface area contributed by atoms with Crippen LogP contribution in [0.5, 0.6) is 0 Å². The van der Waals surface area contributed by atoms with Gasteiger partial charge in [-0.2, -0.15) is 18.3 Å². The number of rotatable bonds is 6. The Hall–Kier alpha value is -4.53. The molecule has 2 heterocycles. The van der Waals surface area contributed by atoms with E-state index in [2.05, 4.69) is 15.4 Å². The first-order chi connectivity index (χ1) is 17.1. The number of nitrogens with one attached hydrogen (secondary N) is 2. The second kappa shape index (κ2) is 9.99. The lowest BCUT2D eigenvalue weighted by Gasteiger charge is -2.15. The van der Waals surface area contributed by atoms with E-state index in [0.29, 0.717) is 5.69 Å². The van der Waals surface area contributed by atoms with Crippen molar-refractivity contribution < 1.29 is 13.2 Å². The Morgan fingerprint density at radius 1 is 1.06 bits per heavy atom. The Morgan fingerprint density at radius 3 is 2.53 bits per heavy atom. The summed E-state index contributed by atoms with van der Waals surface area (Å²) >= 11 is 0. The quantitative estimate of drug-likeness (QED) is 0.320. The third-order valence-electron chi connectivity index (χ3n) is 5.30. The predicted molar refractivity (Wildman–Crippen MR) is 134 cm³/mol. The molecule has 182 valence electrons. The smallest absolute Gasteiger partial charge is 0.354 e. The Kier molecular flexibility index (Phi) is 6.82. The van der Waals surface area contributed by atoms with Crippen LogP contribution < -0.4 is 10.7 Å². The molecular weight excluding hydrogens is 467 g/mol. The number of alkyl halides is 3. The molecule has 2 aromatic carbocycles. The van der Waals surface area contributed by atoms with Crippen LogP contribution in [0.2, 0.25) is 0 Å². The second-order valence-corrected chi connectivity index (χ2v) is 8.13. The number of hydrogen-bond acceptors (Lipinski definition) is 5. The van der Waals surface area contributed by atoms with Gasteiger partial charge in [0, 0.05) is 35.4 Å². The minimum Gasteiger partial charge on any atom is -0.354 e. The molecule has 0 spiro atoms. The van der Waals surface area contributed by atoms with Crippen molar-refractivity contribution in [2.45, 2.75) is 20.0 Å². The highest BCUT2D eigenvalue weighted by molar-refractivity contribution is 5.98. The highest BCUT2D eigenvalue weighted by atomic mass is 19.4. The van der Waals surface area contributed by atoms with Crippen LogP contribution in [0, 0.1) is 12.3 Å². The molecule has 0 aliphatic heterocycles. The van der Waals surface area contributed by atoms with Crippen molar-refractivity contribution in [3.8, 4) is 16.9 Å². The Morgan fingerprint density at radius 2 is 1.86 bits per heavy atom. The normalized spacial score (nSPS) is 11.9. The van der Waals surface area contributed by atoms with Crippen molar-refractivity contribution in [3.05, 3.63) is 112 Å². The largest absolute Gasteiger partial charge is 0.416 e. The maximum absolute atomic E-state index is 13.2. The molecule has 0 atom stereocenters. The molecule has 6 nitrogen and oxygen atoms in total. The van der Waals surface area contributed by atoms with Gasteiger partial charge in [-0.1, -0.05) is 18.2 Å². The van der Waals surface area contributed by atoms with Gasteiger partial charge in [0.25, 0.3) is 0 Å². The Bertz CT molecular complexity index is 1510. The minimum absolute atomic E-state index is 0.0327. The van der Waals surface area contributed by atoms with Gasteiger partial charge in [-0.15, -0.1) is 0 Å². The Balaban J connectivity index is 1.74. The first-order valence-electron chi connectivity index (χ1n) is 11.0. The van der Waals surface area contributed by atoms with Crippen molar-refractivity contribution in [2.75, 3.05) is 5.32 Å². The highest BCUT2D eigenvalue weighted by Crippen LogP contribution is 2.31. The maximum atomic E-state index is 13.2. The molecule has 0 radical (unpaired) electrons. The van der Waals surface area contributed by atoms with E-state index in [1.54, 1.807) is 6.20 Å². The van der Waals surface area contributed by atoms with Gasteiger partial charge in [-0.25, -0.2) is 4.68 Å². The molecule has 2 aromatic heterocycles. The van der Waals surface area contributed by atoms with Crippen molar-refractivity contribution in [3.63, 3.8) is 0 Å². The highest BCUT2D eigenvalue weighted by Gasteiger charge is 2.30. The number of halogens is 3. The summed E-state index contributed by atoms with van der Waals surface area (Å²) in [6, 6.07) is 17.3. The number of anilines is 1. The zero-order valence-corrected chi connectivity index (χ0v) is 19.5. The molecule has 4 rings (SSSR count). The van der Waals surface area contributed by atoms with E-state index in [1.165, 1.54) is 42.1 Å². The van der Waals surface area contributed by atoms with Crippen LogP contribution >= 0.6 is 0 Å². The fourth-order valence-corrected chi connectivity index (χ4v) is 3.64. The molecule has 0 unspecified atom stereocenters. The predicted octanol–water partition coefficient (Wildman–Crippen LogP) is 6.11. The van der Waals surface area contributed by atoms with Crippen LogP contribution in [-0.4, -0.2) is 20.5 Å². The SMILES string of the molecule is CC(=N)/C=C(\Nc1cccc(C(F)(F)F)c1)c1nn(-c2ccc(-c3ccccn3)cc2C)ccc1=O. The van der Waals surface area contributed by atoms with Crippen LogP contribution in [-0.2, 0) is 6.18 Å². The average molecular weight is 490 g/mol. The second-order valence-electron chi connectivity index (χ2n) is 8.13. The van der Waals surface area contributed by atoms with Gasteiger partial charge in [-0.3, -0.25) is 9.78 Å². The van der Waals surface area contributed by atoms with Gasteiger partial charge in [0.1, 0.15) is 0 Å². The van der Waals surface area contributed by atoms with Crippen LogP contribution in [0.3, 0.4) is 0 Å². The summed E-state index contributed by atoms with van der Waals surface area (Å²) in [5.41, 5.74) is 2.34.